The minimum atomic E-state index is -1.07. The molecule has 0 aliphatic heterocycles. The van der Waals surface area contributed by atoms with Crippen molar-refractivity contribution >= 4 is 24.1 Å². The maximum absolute atomic E-state index is 10.8. The first-order valence-electron chi connectivity index (χ1n) is 7.58. The smallest absolute Gasteiger partial charge is 0.407 e. The quantitative estimate of drug-likeness (QED) is 0.566. The Bertz CT molecular complexity index is 496. The highest BCUT2D eigenvalue weighted by molar-refractivity contribution is 5.81. The molecule has 0 unspecified atom stereocenters. The molecule has 1 rings (SSSR count). The van der Waals surface area contributed by atoms with Crippen LogP contribution in [0.5, 0.6) is 0 Å². The van der Waals surface area contributed by atoms with E-state index >= 15 is 0 Å². The number of carbonyl (C=O) groups is 4. The molecule has 25 heavy (non-hydrogen) atoms. The number of rotatable bonds is 5. The number of hydrogen-bond acceptors (Lipinski definition) is 6. The second-order valence-corrected chi connectivity index (χ2v) is 6.56. The lowest BCUT2D eigenvalue weighted by molar-refractivity contribution is -0.142. The summed E-state index contributed by atoms with van der Waals surface area (Å²) in [6, 6.07) is -1.72. The molecule has 1 aliphatic carbocycles. The first-order chi connectivity index (χ1) is 11.4. The molecule has 144 valence electrons. The Kier molecular flexibility index (Phi) is 8.72. The summed E-state index contributed by atoms with van der Waals surface area (Å²) in [6.45, 7) is 5.17. The molecular weight excluding hydrogens is 336 g/mol. The number of carboxylic acids is 2. The predicted molar refractivity (Wildman–Crippen MR) is 86.1 cm³/mol. The summed E-state index contributed by atoms with van der Waals surface area (Å²) in [5.41, 5.74) is -0.542. The average molecular weight is 362 g/mol. The van der Waals surface area contributed by atoms with Gasteiger partial charge in [0.25, 0.3) is 0 Å². The van der Waals surface area contributed by atoms with Crippen molar-refractivity contribution in [3.05, 3.63) is 0 Å². The van der Waals surface area contributed by atoms with Gasteiger partial charge >= 0.3 is 24.1 Å². The molecule has 1 fully saturated rings. The van der Waals surface area contributed by atoms with E-state index in [2.05, 4.69) is 20.1 Å². The molecule has 2 atom stereocenters. The van der Waals surface area contributed by atoms with E-state index in [4.69, 9.17) is 10.2 Å². The van der Waals surface area contributed by atoms with Crippen LogP contribution in [0.25, 0.3) is 0 Å². The van der Waals surface area contributed by atoms with Gasteiger partial charge in [-0.05, 0) is 24.2 Å². The van der Waals surface area contributed by atoms with Crippen molar-refractivity contribution in [1.29, 1.82) is 0 Å². The second-order valence-electron chi connectivity index (χ2n) is 6.56. The Balaban J connectivity index is 0.000000462. The van der Waals surface area contributed by atoms with Gasteiger partial charge in [0.1, 0.15) is 12.1 Å². The minimum Gasteiger partial charge on any atom is -0.480 e. The number of ether oxygens (including phenoxy) is 2. The van der Waals surface area contributed by atoms with Crippen molar-refractivity contribution in [3.8, 4) is 0 Å². The van der Waals surface area contributed by atoms with Crippen molar-refractivity contribution in [3.63, 3.8) is 0 Å². The highest BCUT2D eigenvalue weighted by Gasteiger charge is 2.37. The summed E-state index contributed by atoms with van der Waals surface area (Å²) >= 11 is 0. The summed E-state index contributed by atoms with van der Waals surface area (Å²) < 4.78 is 8.61. The summed E-state index contributed by atoms with van der Waals surface area (Å²) in [7, 11) is 2.40. The van der Waals surface area contributed by atoms with Gasteiger partial charge in [0.15, 0.2) is 0 Å². The molecule has 0 radical (unpaired) electrons. The third kappa shape index (κ3) is 8.77. The van der Waals surface area contributed by atoms with Gasteiger partial charge in [-0.2, -0.15) is 0 Å². The van der Waals surface area contributed by atoms with Crippen LogP contribution in [0.3, 0.4) is 0 Å². The molecule has 0 bridgehead atoms. The van der Waals surface area contributed by atoms with Crippen molar-refractivity contribution < 1.29 is 38.9 Å². The number of carboxylic acid groups (broad SMARTS) is 2. The maximum Gasteiger partial charge on any atom is 0.407 e. The van der Waals surface area contributed by atoms with Crippen LogP contribution in [0.15, 0.2) is 0 Å². The first-order valence-corrected chi connectivity index (χ1v) is 7.58. The molecule has 0 aromatic heterocycles. The fraction of sp³-hybridized carbons (Fsp3) is 0.733. The zero-order chi connectivity index (χ0) is 19.8. The highest BCUT2D eigenvalue weighted by Crippen LogP contribution is 2.32. The van der Waals surface area contributed by atoms with Gasteiger partial charge in [-0.15, -0.1) is 0 Å². The minimum absolute atomic E-state index is 0.0848. The van der Waals surface area contributed by atoms with Gasteiger partial charge < -0.3 is 30.3 Å². The lowest BCUT2D eigenvalue weighted by Gasteiger charge is -2.26. The standard InChI is InChI=1S/C8H15NO4.C7H11NO4/c1-8(2,3)5(6(10)11)9-7(12)13-4;1-12-7(11)8-5(6(9)10)4-2-3-4/h5H,1-4H3,(H,9,12)(H,10,11);4-5H,2-3H2,1H3,(H,8,11)(H,9,10)/t2*5-/m10/s1. The molecule has 10 nitrogen and oxygen atoms in total. The van der Waals surface area contributed by atoms with Gasteiger partial charge in [0, 0.05) is 0 Å². The lowest BCUT2D eigenvalue weighted by atomic mass is 9.87. The van der Waals surface area contributed by atoms with Gasteiger partial charge in [0.2, 0.25) is 0 Å². The van der Waals surface area contributed by atoms with Crippen LogP contribution in [-0.2, 0) is 19.1 Å². The van der Waals surface area contributed by atoms with Crippen LogP contribution in [0.2, 0.25) is 0 Å². The van der Waals surface area contributed by atoms with E-state index in [0.717, 1.165) is 12.8 Å². The Morgan fingerprint density at radius 2 is 1.36 bits per heavy atom. The van der Waals surface area contributed by atoms with Gasteiger partial charge in [-0.1, -0.05) is 20.8 Å². The molecule has 0 aromatic carbocycles. The molecule has 0 heterocycles. The van der Waals surface area contributed by atoms with E-state index in [0.29, 0.717) is 0 Å². The number of carbonyl (C=O) groups excluding carboxylic acids is 2. The molecule has 4 N–H and O–H groups in total. The van der Waals surface area contributed by atoms with Gasteiger partial charge in [-0.25, -0.2) is 19.2 Å². The van der Waals surface area contributed by atoms with E-state index in [1.54, 1.807) is 20.8 Å². The van der Waals surface area contributed by atoms with Crippen LogP contribution in [0.1, 0.15) is 33.6 Å². The Hall–Kier alpha value is -2.52. The summed E-state index contributed by atoms with van der Waals surface area (Å²) in [5, 5.41) is 22.0. The molecule has 2 amide bonds. The van der Waals surface area contributed by atoms with Gasteiger partial charge in [0.05, 0.1) is 14.2 Å². The average Bonchev–Trinajstić information content (AvgIpc) is 3.33. The van der Waals surface area contributed by atoms with Crippen molar-refractivity contribution in [1.82, 2.24) is 10.6 Å². The summed E-state index contributed by atoms with van der Waals surface area (Å²) in [6.07, 6.45) is 0.304. The van der Waals surface area contributed by atoms with Crippen molar-refractivity contribution in [2.45, 2.75) is 45.7 Å². The number of nitrogens with one attached hydrogen (secondary N) is 2. The van der Waals surface area contributed by atoms with E-state index in [-0.39, 0.29) is 5.92 Å². The van der Waals surface area contributed by atoms with Crippen LogP contribution in [0, 0.1) is 11.3 Å². The predicted octanol–water partition coefficient (Wildman–Crippen LogP) is 1.05. The third-order valence-electron chi connectivity index (χ3n) is 3.38. The zero-order valence-electron chi connectivity index (χ0n) is 15.0. The van der Waals surface area contributed by atoms with Gasteiger partial charge in [-0.3, -0.25) is 0 Å². The largest absolute Gasteiger partial charge is 0.480 e. The number of hydrogen-bond donors (Lipinski definition) is 4. The SMILES string of the molecule is COC(=O)N[C@H](C(=O)O)C(C)(C)C.COC(=O)N[C@H](C(=O)O)C1CC1. The summed E-state index contributed by atoms with van der Waals surface area (Å²) in [4.78, 5) is 42.7. The van der Waals surface area contributed by atoms with E-state index in [9.17, 15) is 19.2 Å². The number of alkyl carbamates (subject to hydrolysis) is 2. The first kappa shape index (κ1) is 22.5. The van der Waals surface area contributed by atoms with Crippen LogP contribution in [0.4, 0.5) is 9.59 Å². The fourth-order valence-electron chi connectivity index (χ4n) is 1.82. The Labute approximate surface area is 145 Å². The lowest BCUT2D eigenvalue weighted by Crippen LogP contribution is -2.49. The zero-order valence-corrected chi connectivity index (χ0v) is 15.0. The van der Waals surface area contributed by atoms with Crippen molar-refractivity contribution in [2.75, 3.05) is 14.2 Å². The summed E-state index contributed by atoms with van der Waals surface area (Å²) in [5.74, 6) is -1.98. The third-order valence-corrected chi connectivity index (χ3v) is 3.38. The van der Waals surface area contributed by atoms with E-state index in [1.165, 1.54) is 14.2 Å². The van der Waals surface area contributed by atoms with Crippen LogP contribution >= 0.6 is 0 Å². The maximum atomic E-state index is 10.8. The number of aliphatic carboxylic acids is 2. The number of methoxy groups -OCH3 is 2. The molecule has 0 spiro atoms. The topological polar surface area (TPSA) is 151 Å². The second kappa shape index (κ2) is 9.70. The Morgan fingerprint density at radius 3 is 1.64 bits per heavy atom. The van der Waals surface area contributed by atoms with Crippen LogP contribution < -0.4 is 10.6 Å². The molecule has 1 aliphatic rings. The molecule has 0 saturated heterocycles. The number of amides is 2. The fourth-order valence-corrected chi connectivity index (χ4v) is 1.82. The van der Waals surface area contributed by atoms with Crippen LogP contribution in [-0.4, -0.2) is 60.6 Å². The molecular formula is C15H26N2O8. The monoisotopic (exact) mass is 362 g/mol. The Morgan fingerprint density at radius 1 is 0.920 bits per heavy atom. The molecule has 10 heteroatoms. The van der Waals surface area contributed by atoms with E-state index in [1.807, 2.05) is 0 Å². The molecule has 0 aromatic rings. The van der Waals surface area contributed by atoms with E-state index < -0.39 is 41.6 Å². The molecule has 1 saturated carbocycles. The van der Waals surface area contributed by atoms with Crippen molar-refractivity contribution in [2.24, 2.45) is 11.3 Å². The normalized spacial score (nSPS) is 15.6. The highest BCUT2D eigenvalue weighted by atomic mass is 16.5.